The molecule has 1 aliphatic rings. The second-order valence-electron chi connectivity index (χ2n) is 4.07. The van der Waals surface area contributed by atoms with Gasteiger partial charge in [0.25, 0.3) is 0 Å². The Hall–Kier alpha value is -1.13. The number of aromatic nitrogens is 1. The SMILES string of the molecule is COc1cc(C)nc(COC2CCNC2)c1. The number of rotatable bonds is 4. The van der Waals surface area contributed by atoms with E-state index in [9.17, 15) is 0 Å². The molecular weight excluding hydrogens is 204 g/mol. The van der Waals surface area contributed by atoms with Crippen molar-refractivity contribution in [3.63, 3.8) is 0 Å². The fraction of sp³-hybridized carbons (Fsp3) is 0.583. The summed E-state index contributed by atoms with van der Waals surface area (Å²) in [5, 5.41) is 3.27. The molecule has 0 spiro atoms. The Morgan fingerprint density at radius 1 is 1.50 bits per heavy atom. The second kappa shape index (κ2) is 5.27. The minimum absolute atomic E-state index is 0.327. The fourth-order valence-electron chi connectivity index (χ4n) is 1.87. The summed E-state index contributed by atoms with van der Waals surface area (Å²) in [7, 11) is 1.67. The first kappa shape index (κ1) is 11.4. The predicted molar refractivity (Wildman–Crippen MR) is 61.6 cm³/mol. The predicted octanol–water partition coefficient (Wildman–Crippen LogP) is 1.28. The van der Waals surface area contributed by atoms with E-state index in [0.717, 1.165) is 36.6 Å². The van der Waals surface area contributed by atoms with Crippen LogP contribution in [0.25, 0.3) is 0 Å². The van der Waals surface area contributed by atoms with Gasteiger partial charge in [0.2, 0.25) is 0 Å². The van der Waals surface area contributed by atoms with Gasteiger partial charge in [-0.2, -0.15) is 0 Å². The molecule has 0 aromatic carbocycles. The number of aryl methyl sites for hydroxylation is 1. The zero-order valence-corrected chi connectivity index (χ0v) is 9.82. The Balaban J connectivity index is 1.94. The number of nitrogens with one attached hydrogen (secondary N) is 1. The summed E-state index contributed by atoms with van der Waals surface area (Å²) in [5.41, 5.74) is 1.89. The van der Waals surface area contributed by atoms with Crippen molar-refractivity contribution >= 4 is 0 Å². The van der Waals surface area contributed by atoms with Crippen LogP contribution in [-0.2, 0) is 11.3 Å². The van der Waals surface area contributed by atoms with E-state index in [0.29, 0.717) is 12.7 Å². The van der Waals surface area contributed by atoms with Crippen LogP contribution in [0.1, 0.15) is 17.8 Å². The summed E-state index contributed by atoms with van der Waals surface area (Å²) < 4.78 is 11.0. The second-order valence-corrected chi connectivity index (χ2v) is 4.07. The summed E-state index contributed by atoms with van der Waals surface area (Å²) in [5.74, 6) is 0.843. The van der Waals surface area contributed by atoms with Crippen molar-refractivity contribution in [2.75, 3.05) is 20.2 Å². The molecule has 0 radical (unpaired) electrons. The molecule has 2 heterocycles. The van der Waals surface area contributed by atoms with Gasteiger partial charge in [-0.05, 0) is 19.9 Å². The molecule has 1 aliphatic heterocycles. The van der Waals surface area contributed by atoms with Gasteiger partial charge in [0, 0.05) is 24.4 Å². The van der Waals surface area contributed by atoms with Crippen molar-refractivity contribution in [1.29, 1.82) is 0 Å². The van der Waals surface area contributed by atoms with Crippen LogP contribution in [0.2, 0.25) is 0 Å². The maximum Gasteiger partial charge on any atom is 0.122 e. The molecule has 1 aromatic heterocycles. The van der Waals surface area contributed by atoms with Crippen molar-refractivity contribution in [2.45, 2.75) is 26.1 Å². The monoisotopic (exact) mass is 222 g/mol. The van der Waals surface area contributed by atoms with Gasteiger partial charge in [0.1, 0.15) is 5.75 Å². The van der Waals surface area contributed by atoms with Gasteiger partial charge in [0.05, 0.1) is 25.5 Å². The van der Waals surface area contributed by atoms with Gasteiger partial charge >= 0.3 is 0 Å². The largest absolute Gasteiger partial charge is 0.497 e. The molecule has 1 atom stereocenters. The highest BCUT2D eigenvalue weighted by Gasteiger charge is 2.14. The highest BCUT2D eigenvalue weighted by atomic mass is 16.5. The van der Waals surface area contributed by atoms with Crippen LogP contribution in [0.4, 0.5) is 0 Å². The summed E-state index contributed by atoms with van der Waals surface area (Å²) in [6.45, 7) is 4.52. The number of hydrogen-bond donors (Lipinski definition) is 1. The Bertz CT molecular complexity index is 349. The van der Waals surface area contributed by atoms with Crippen molar-refractivity contribution in [1.82, 2.24) is 10.3 Å². The van der Waals surface area contributed by atoms with Crippen molar-refractivity contribution in [3.8, 4) is 5.75 Å². The molecule has 0 bridgehead atoms. The van der Waals surface area contributed by atoms with E-state index in [4.69, 9.17) is 9.47 Å². The summed E-state index contributed by atoms with van der Waals surface area (Å²) in [4.78, 5) is 4.42. The van der Waals surface area contributed by atoms with E-state index >= 15 is 0 Å². The molecule has 0 saturated carbocycles. The molecule has 1 aromatic rings. The van der Waals surface area contributed by atoms with Gasteiger partial charge in [-0.15, -0.1) is 0 Å². The minimum Gasteiger partial charge on any atom is -0.497 e. The van der Waals surface area contributed by atoms with Crippen molar-refractivity contribution in [2.24, 2.45) is 0 Å². The number of ether oxygens (including phenoxy) is 2. The van der Waals surface area contributed by atoms with Crippen molar-refractivity contribution < 1.29 is 9.47 Å². The molecule has 4 nitrogen and oxygen atoms in total. The Morgan fingerprint density at radius 3 is 3.06 bits per heavy atom. The van der Waals surface area contributed by atoms with Crippen LogP contribution in [-0.4, -0.2) is 31.3 Å². The first-order chi connectivity index (χ1) is 7.78. The van der Waals surface area contributed by atoms with Crippen LogP contribution in [0, 0.1) is 6.92 Å². The van der Waals surface area contributed by atoms with Gasteiger partial charge < -0.3 is 14.8 Å². The Morgan fingerprint density at radius 2 is 2.38 bits per heavy atom. The average molecular weight is 222 g/mol. The van der Waals surface area contributed by atoms with E-state index in [1.165, 1.54) is 0 Å². The molecule has 16 heavy (non-hydrogen) atoms. The lowest BCUT2D eigenvalue weighted by atomic mass is 10.3. The maximum absolute atomic E-state index is 5.76. The quantitative estimate of drug-likeness (QED) is 0.833. The zero-order valence-electron chi connectivity index (χ0n) is 9.82. The standard InChI is InChI=1S/C12H18N2O2/c1-9-5-12(15-2)6-10(14-9)8-16-11-3-4-13-7-11/h5-6,11,13H,3-4,7-8H2,1-2H3. The van der Waals surface area contributed by atoms with Gasteiger partial charge in [-0.25, -0.2) is 0 Å². The van der Waals surface area contributed by atoms with Crippen LogP contribution in [0.3, 0.4) is 0 Å². The highest BCUT2D eigenvalue weighted by Crippen LogP contribution is 2.15. The van der Waals surface area contributed by atoms with E-state index in [-0.39, 0.29) is 0 Å². The Kier molecular flexibility index (Phi) is 3.74. The summed E-state index contributed by atoms with van der Waals surface area (Å²) >= 11 is 0. The molecule has 0 amide bonds. The lowest BCUT2D eigenvalue weighted by Crippen LogP contribution is -2.16. The molecule has 88 valence electrons. The van der Waals surface area contributed by atoms with E-state index in [1.807, 2.05) is 19.1 Å². The maximum atomic E-state index is 5.76. The third-order valence-electron chi connectivity index (χ3n) is 2.70. The number of methoxy groups -OCH3 is 1. The summed E-state index contributed by atoms with van der Waals surface area (Å²) in [6.07, 6.45) is 1.41. The minimum atomic E-state index is 0.327. The van der Waals surface area contributed by atoms with Gasteiger partial charge in [-0.3, -0.25) is 4.98 Å². The topological polar surface area (TPSA) is 43.4 Å². The number of hydrogen-bond acceptors (Lipinski definition) is 4. The molecule has 4 heteroatoms. The van der Waals surface area contributed by atoms with E-state index in [1.54, 1.807) is 7.11 Å². The fourth-order valence-corrected chi connectivity index (χ4v) is 1.87. The molecule has 0 aliphatic carbocycles. The van der Waals surface area contributed by atoms with Crippen molar-refractivity contribution in [3.05, 3.63) is 23.5 Å². The van der Waals surface area contributed by atoms with Crippen LogP contribution >= 0.6 is 0 Å². The first-order valence-electron chi connectivity index (χ1n) is 5.62. The molecule has 1 unspecified atom stereocenters. The molecular formula is C12H18N2O2. The highest BCUT2D eigenvalue weighted by molar-refractivity contribution is 5.26. The van der Waals surface area contributed by atoms with E-state index < -0.39 is 0 Å². The number of pyridine rings is 1. The van der Waals surface area contributed by atoms with Crippen LogP contribution in [0.5, 0.6) is 5.75 Å². The third kappa shape index (κ3) is 2.93. The van der Waals surface area contributed by atoms with Crippen LogP contribution < -0.4 is 10.1 Å². The number of nitrogens with zero attached hydrogens (tertiary/aromatic N) is 1. The Labute approximate surface area is 96.0 Å². The summed E-state index contributed by atoms with van der Waals surface area (Å²) in [6, 6.07) is 3.84. The first-order valence-corrected chi connectivity index (χ1v) is 5.62. The third-order valence-corrected chi connectivity index (χ3v) is 2.70. The molecule has 1 N–H and O–H groups in total. The van der Waals surface area contributed by atoms with Gasteiger partial charge in [0.15, 0.2) is 0 Å². The molecule has 2 rings (SSSR count). The smallest absolute Gasteiger partial charge is 0.122 e. The zero-order chi connectivity index (χ0) is 11.4. The van der Waals surface area contributed by atoms with Crippen LogP contribution in [0.15, 0.2) is 12.1 Å². The normalized spacial score (nSPS) is 20.0. The lowest BCUT2D eigenvalue weighted by molar-refractivity contribution is 0.0520. The lowest BCUT2D eigenvalue weighted by Gasteiger charge is -2.11. The van der Waals surface area contributed by atoms with Gasteiger partial charge in [-0.1, -0.05) is 0 Å². The molecule has 1 fully saturated rings. The van der Waals surface area contributed by atoms with E-state index in [2.05, 4.69) is 10.3 Å². The molecule has 1 saturated heterocycles. The average Bonchev–Trinajstić information content (AvgIpc) is 2.78.